The quantitative estimate of drug-likeness (QED) is 0.798. The lowest BCUT2D eigenvalue weighted by Crippen LogP contribution is -2.26. The van der Waals surface area contributed by atoms with E-state index in [1.807, 2.05) is 0 Å². The van der Waals surface area contributed by atoms with Gasteiger partial charge in [-0.1, -0.05) is 12.1 Å². The molecule has 0 aliphatic heterocycles. The van der Waals surface area contributed by atoms with Gasteiger partial charge in [-0.25, -0.2) is 14.0 Å². The predicted molar refractivity (Wildman–Crippen MR) is 49.5 cm³/mol. The van der Waals surface area contributed by atoms with E-state index in [1.165, 1.54) is 12.1 Å². The minimum Gasteiger partial charge on any atom is -0.479 e. The van der Waals surface area contributed by atoms with Crippen molar-refractivity contribution < 1.29 is 24.2 Å². The van der Waals surface area contributed by atoms with Gasteiger partial charge in [0.05, 0.1) is 5.56 Å². The highest BCUT2D eigenvalue weighted by molar-refractivity contribution is 5.88. The molecule has 0 spiro atoms. The molecule has 4 nitrogen and oxygen atoms in total. The first kappa shape index (κ1) is 11.2. The molecule has 1 aromatic rings. The number of carbonyl (C=O) groups is 2. The van der Waals surface area contributed by atoms with Crippen molar-refractivity contribution in [1.29, 1.82) is 0 Å². The topological polar surface area (TPSA) is 74.6 Å². The third-order valence-electron chi connectivity index (χ3n) is 2.08. The van der Waals surface area contributed by atoms with E-state index in [-0.39, 0.29) is 11.1 Å². The van der Waals surface area contributed by atoms with Crippen LogP contribution in [0.5, 0.6) is 0 Å². The Kier molecular flexibility index (Phi) is 2.74. The summed E-state index contributed by atoms with van der Waals surface area (Å²) in [5, 5.41) is 17.2. The number of aliphatic carboxylic acids is 1. The monoisotopic (exact) mass is 212 g/mol. The number of aromatic carboxylic acids is 1. The summed E-state index contributed by atoms with van der Waals surface area (Å²) in [5.74, 6) is -2.75. The molecule has 0 radical (unpaired) electrons. The third-order valence-corrected chi connectivity index (χ3v) is 2.08. The number of halogens is 1. The van der Waals surface area contributed by atoms with Crippen molar-refractivity contribution in [1.82, 2.24) is 0 Å². The molecular weight excluding hydrogens is 203 g/mol. The van der Waals surface area contributed by atoms with E-state index in [4.69, 9.17) is 10.2 Å². The summed E-state index contributed by atoms with van der Waals surface area (Å²) in [7, 11) is 0. The van der Waals surface area contributed by atoms with Crippen molar-refractivity contribution in [3.8, 4) is 0 Å². The molecule has 15 heavy (non-hydrogen) atoms. The second kappa shape index (κ2) is 3.68. The summed E-state index contributed by atoms with van der Waals surface area (Å²) >= 11 is 0. The first-order valence-electron chi connectivity index (χ1n) is 4.12. The van der Waals surface area contributed by atoms with Crippen LogP contribution in [-0.2, 0) is 10.5 Å². The Morgan fingerprint density at radius 1 is 1.20 bits per heavy atom. The van der Waals surface area contributed by atoms with E-state index in [0.717, 1.165) is 19.1 Å². The van der Waals surface area contributed by atoms with Gasteiger partial charge in [-0.2, -0.15) is 0 Å². The number of carboxylic acid groups (broad SMARTS) is 2. The molecule has 5 heteroatoms. The van der Waals surface area contributed by atoms with Crippen molar-refractivity contribution in [2.45, 2.75) is 12.6 Å². The van der Waals surface area contributed by atoms with Crippen LogP contribution in [0.1, 0.15) is 22.8 Å². The van der Waals surface area contributed by atoms with Gasteiger partial charge >= 0.3 is 11.9 Å². The van der Waals surface area contributed by atoms with Gasteiger partial charge < -0.3 is 10.2 Å². The zero-order valence-electron chi connectivity index (χ0n) is 7.90. The molecule has 1 aromatic carbocycles. The van der Waals surface area contributed by atoms with Crippen LogP contribution < -0.4 is 0 Å². The van der Waals surface area contributed by atoms with Crippen LogP contribution in [0.4, 0.5) is 4.39 Å². The number of hydrogen-bond donors (Lipinski definition) is 2. The zero-order chi connectivity index (χ0) is 11.6. The average molecular weight is 212 g/mol. The molecule has 1 unspecified atom stereocenters. The van der Waals surface area contributed by atoms with E-state index in [1.54, 1.807) is 0 Å². The molecule has 0 fully saturated rings. The van der Waals surface area contributed by atoms with Crippen molar-refractivity contribution in [2.75, 3.05) is 0 Å². The molecule has 0 amide bonds. The lowest BCUT2D eigenvalue weighted by atomic mass is 9.97. The van der Waals surface area contributed by atoms with Crippen LogP contribution in [0.2, 0.25) is 0 Å². The smallest absolute Gasteiger partial charge is 0.345 e. The first-order chi connectivity index (χ1) is 6.85. The molecule has 80 valence electrons. The Morgan fingerprint density at radius 3 is 2.00 bits per heavy atom. The highest BCUT2D eigenvalue weighted by Gasteiger charge is 2.34. The number of hydrogen-bond acceptors (Lipinski definition) is 2. The molecule has 1 rings (SSSR count). The standard InChI is InChI=1S/C10H9FO4/c1-10(11,9(14)15)7-4-2-6(3-5-7)8(12)13/h2-5H,1H3,(H,12,13)(H,14,15). The Labute approximate surface area is 85.0 Å². The number of alkyl halides is 1. The van der Waals surface area contributed by atoms with E-state index < -0.39 is 17.6 Å². The predicted octanol–water partition coefficient (Wildman–Crippen LogP) is 1.65. The highest BCUT2D eigenvalue weighted by Crippen LogP contribution is 2.25. The second-order valence-electron chi connectivity index (χ2n) is 3.19. The van der Waals surface area contributed by atoms with E-state index in [2.05, 4.69) is 0 Å². The van der Waals surface area contributed by atoms with Gasteiger partial charge in [0.15, 0.2) is 0 Å². The summed E-state index contributed by atoms with van der Waals surface area (Å²) in [6.45, 7) is 0.908. The van der Waals surface area contributed by atoms with Crippen molar-refractivity contribution in [2.24, 2.45) is 0 Å². The highest BCUT2D eigenvalue weighted by atomic mass is 19.1. The summed E-state index contributed by atoms with van der Waals surface area (Å²) in [5.41, 5.74) is -2.60. The molecule has 0 saturated carbocycles. The van der Waals surface area contributed by atoms with Gasteiger partial charge in [0.1, 0.15) is 0 Å². The fourth-order valence-corrected chi connectivity index (χ4v) is 1.05. The molecule has 1 atom stereocenters. The normalized spacial score (nSPS) is 14.3. The maximum Gasteiger partial charge on any atom is 0.345 e. The SMILES string of the molecule is CC(F)(C(=O)O)c1ccc(C(=O)O)cc1. The molecule has 0 aliphatic carbocycles. The maximum absolute atomic E-state index is 13.5. The van der Waals surface area contributed by atoms with Gasteiger partial charge in [-0.3, -0.25) is 0 Å². The van der Waals surface area contributed by atoms with Crippen molar-refractivity contribution >= 4 is 11.9 Å². The van der Waals surface area contributed by atoms with E-state index >= 15 is 0 Å². The molecule has 0 aliphatic rings. The van der Waals surface area contributed by atoms with Crippen LogP contribution in [0, 0.1) is 0 Å². The van der Waals surface area contributed by atoms with Gasteiger partial charge in [0.2, 0.25) is 5.67 Å². The summed E-state index contributed by atoms with van der Waals surface area (Å²) in [4.78, 5) is 21.0. The Balaban J connectivity index is 3.09. The molecule has 2 N–H and O–H groups in total. The van der Waals surface area contributed by atoms with Crippen LogP contribution >= 0.6 is 0 Å². The lowest BCUT2D eigenvalue weighted by Gasteiger charge is -2.15. The summed E-state index contributed by atoms with van der Waals surface area (Å²) in [6, 6.07) is 4.63. The van der Waals surface area contributed by atoms with Crippen molar-refractivity contribution in [3.63, 3.8) is 0 Å². The Bertz CT molecular complexity index is 394. The molecule has 0 saturated heterocycles. The third kappa shape index (κ3) is 2.12. The van der Waals surface area contributed by atoms with Gasteiger partial charge in [-0.05, 0) is 19.1 Å². The summed E-state index contributed by atoms with van der Waals surface area (Å²) in [6.07, 6.45) is 0. The molecular formula is C10H9FO4. The first-order valence-corrected chi connectivity index (χ1v) is 4.12. The van der Waals surface area contributed by atoms with Crippen LogP contribution in [0.25, 0.3) is 0 Å². The molecule has 0 aromatic heterocycles. The van der Waals surface area contributed by atoms with E-state index in [0.29, 0.717) is 0 Å². The van der Waals surface area contributed by atoms with E-state index in [9.17, 15) is 14.0 Å². The summed E-state index contributed by atoms with van der Waals surface area (Å²) < 4.78 is 13.5. The largest absolute Gasteiger partial charge is 0.479 e. The van der Waals surface area contributed by atoms with Gasteiger partial charge in [0, 0.05) is 5.56 Å². The van der Waals surface area contributed by atoms with Crippen LogP contribution in [-0.4, -0.2) is 22.2 Å². The minimum atomic E-state index is -2.50. The second-order valence-corrected chi connectivity index (χ2v) is 3.19. The fraction of sp³-hybridized carbons (Fsp3) is 0.200. The minimum absolute atomic E-state index is 0.0139. The molecule has 0 heterocycles. The lowest BCUT2D eigenvalue weighted by molar-refractivity contribution is -0.150. The van der Waals surface area contributed by atoms with Crippen LogP contribution in [0.15, 0.2) is 24.3 Å². The van der Waals surface area contributed by atoms with Gasteiger partial charge in [0.25, 0.3) is 0 Å². The number of carboxylic acids is 2. The van der Waals surface area contributed by atoms with Crippen molar-refractivity contribution in [3.05, 3.63) is 35.4 Å². The maximum atomic E-state index is 13.5. The average Bonchev–Trinajstić information content (AvgIpc) is 2.17. The number of benzene rings is 1. The Hall–Kier alpha value is -1.91. The van der Waals surface area contributed by atoms with Crippen LogP contribution in [0.3, 0.4) is 0 Å². The molecule has 0 bridgehead atoms. The Morgan fingerprint density at radius 2 is 1.67 bits per heavy atom. The fourth-order valence-electron chi connectivity index (χ4n) is 1.05. The number of rotatable bonds is 3. The van der Waals surface area contributed by atoms with Gasteiger partial charge in [-0.15, -0.1) is 0 Å². The zero-order valence-corrected chi connectivity index (χ0v) is 7.90.